The molecule has 2 aliphatic carbocycles. The van der Waals surface area contributed by atoms with Gasteiger partial charge in [-0.3, -0.25) is 4.79 Å². The van der Waals surface area contributed by atoms with Crippen molar-refractivity contribution in [1.29, 1.82) is 0 Å². The second-order valence-corrected chi connectivity index (χ2v) is 13.7. The third-order valence-corrected chi connectivity index (χ3v) is 9.96. The topological polar surface area (TPSA) is 105 Å². The summed E-state index contributed by atoms with van der Waals surface area (Å²) >= 11 is 0. The normalized spacial score (nSPS) is 19.4. The number of hydrogen-bond acceptors (Lipinski definition) is 7. The first-order valence-electron chi connectivity index (χ1n) is 16.1. The number of allylic oxidation sites excluding steroid dienone is 2. The molecule has 0 radical (unpaired) electrons. The number of anilines is 1. The number of pyridine rings is 1. The SMILES string of the molecule is CCC(C)c1cc(C2C3=C(CC(C)(C)CC3=O)Oc3nc4c(c(N)c32)CCCC4)cc2cc(-c3ccc(OC)cc3)c(=O)oc12. The quantitative estimate of drug-likeness (QED) is 0.230. The third kappa shape index (κ3) is 4.93. The minimum absolute atomic E-state index is 0.0812. The van der Waals surface area contributed by atoms with E-state index >= 15 is 0 Å². The first kappa shape index (κ1) is 29.3. The molecule has 3 aliphatic rings. The highest BCUT2D eigenvalue weighted by Gasteiger charge is 2.44. The number of aryl methyl sites for hydroxylation is 1. The standard InChI is InChI=1S/C38H40N2O5/c1-6-20(2)26-16-22(15-23-17-27(37(42)45-35(23)26)21-11-13-24(43-5)14-12-21)31-32-29(41)18-38(3,4)19-30(32)44-36-33(31)34(39)25-9-7-8-10-28(25)40-36/h11-17,20,31H,6-10,18-19H2,1-5H3,(H2,39,40). The highest BCUT2D eigenvalue weighted by Crippen LogP contribution is 2.53. The van der Waals surface area contributed by atoms with Crippen LogP contribution in [0, 0.1) is 5.41 Å². The fourth-order valence-corrected chi connectivity index (χ4v) is 7.42. The molecule has 0 saturated heterocycles. The van der Waals surface area contributed by atoms with E-state index in [4.69, 9.17) is 24.6 Å². The molecular formula is C38H40N2O5. The summed E-state index contributed by atoms with van der Waals surface area (Å²) in [5.74, 6) is 1.68. The van der Waals surface area contributed by atoms with E-state index in [1.807, 2.05) is 30.3 Å². The lowest BCUT2D eigenvalue weighted by atomic mass is 9.69. The van der Waals surface area contributed by atoms with E-state index in [1.165, 1.54) is 0 Å². The van der Waals surface area contributed by atoms with Gasteiger partial charge < -0.3 is 19.6 Å². The summed E-state index contributed by atoms with van der Waals surface area (Å²) in [6, 6.07) is 13.5. The summed E-state index contributed by atoms with van der Waals surface area (Å²) < 4.78 is 18.0. The number of Topliss-reactive ketones (excluding diaryl/α,β-unsaturated/α-hetero) is 1. The number of aromatic nitrogens is 1. The zero-order chi connectivity index (χ0) is 31.6. The van der Waals surface area contributed by atoms with Crippen molar-refractivity contribution in [2.75, 3.05) is 12.8 Å². The number of nitrogens with zero attached hydrogens (tertiary/aromatic N) is 1. The second-order valence-electron chi connectivity index (χ2n) is 13.7. The lowest BCUT2D eigenvalue weighted by Crippen LogP contribution is -2.34. The molecule has 7 rings (SSSR count). The van der Waals surface area contributed by atoms with E-state index in [1.54, 1.807) is 7.11 Å². The van der Waals surface area contributed by atoms with E-state index in [-0.39, 0.29) is 17.1 Å². The molecule has 3 heterocycles. The maximum Gasteiger partial charge on any atom is 0.344 e. The Bertz CT molecular complexity index is 1950. The lowest BCUT2D eigenvalue weighted by molar-refractivity contribution is -0.118. The first-order valence-corrected chi connectivity index (χ1v) is 16.1. The van der Waals surface area contributed by atoms with Crippen LogP contribution in [0.25, 0.3) is 22.1 Å². The van der Waals surface area contributed by atoms with Gasteiger partial charge in [0.15, 0.2) is 5.78 Å². The maximum atomic E-state index is 14.0. The molecular weight excluding hydrogens is 564 g/mol. The van der Waals surface area contributed by atoms with Crippen LogP contribution in [-0.2, 0) is 17.6 Å². The number of ketones is 1. The molecule has 2 aromatic carbocycles. The Morgan fingerprint density at radius 1 is 1.07 bits per heavy atom. The van der Waals surface area contributed by atoms with Gasteiger partial charge in [-0.15, -0.1) is 0 Å². The Morgan fingerprint density at radius 3 is 2.56 bits per heavy atom. The first-order chi connectivity index (χ1) is 21.6. The van der Waals surface area contributed by atoms with Gasteiger partial charge in [0, 0.05) is 41.1 Å². The predicted octanol–water partition coefficient (Wildman–Crippen LogP) is 8.01. The van der Waals surface area contributed by atoms with Crippen molar-refractivity contribution < 1.29 is 18.7 Å². The molecule has 232 valence electrons. The number of ether oxygens (including phenoxy) is 2. The number of carbonyl (C=O) groups excluding carboxylic acids is 1. The van der Waals surface area contributed by atoms with E-state index < -0.39 is 11.5 Å². The van der Waals surface area contributed by atoms with Crippen LogP contribution in [0.2, 0.25) is 0 Å². The molecule has 2 unspecified atom stereocenters. The van der Waals surface area contributed by atoms with Crippen molar-refractivity contribution in [2.24, 2.45) is 5.41 Å². The van der Waals surface area contributed by atoms with Crippen LogP contribution in [0.5, 0.6) is 11.6 Å². The molecule has 7 nitrogen and oxygen atoms in total. The number of benzene rings is 2. The molecule has 2 atom stereocenters. The number of carbonyl (C=O) groups is 1. The van der Waals surface area contributed by atoms with Gasteiger partial charge in [-0.2, -0.15) is 0 Å². The summed E-state index contributed by atoms with van der Waals surface area (Å²) in [6.45, 7) is 8.48. The molecule has 2 aromatic heterocycles. The minimum Gasteiger partial charge on any atom is -0.497 e. The third-order valence-electron chi connectivity index (χ3n) is 9.96. The number of methoxy groups -OCH3 is 1. The predicted molar refractivity (Wildman–Crippen MR) is 176 cm³/mol. The zero-order valence-corrected chi connectivity index (χ0v) is 26.7. The maximum absolute atomic E-state index is 14.0. The molecule has 0 fully saturated rings. The second kappa shape index (κ2) is 10.9. The smallest absolute Gasteiger partial charge is 0.344 e. The van der Waals surface area contributed by atoms with Gasteiger partial charge in [0.2, 0.25) is 5.88 Å². The summed E-state index contributed by atoms with van der Waals surface area (Å²) in [7, 11) is 1.61. The molecule has 0 amide bonds. The Kier molecular flexibility index (Phi) is 7.10. The summed E-state index contributed by atoms with van der Waals surface area (Å²) in [6.07, 6.45) is 5.81. The molecule has 2 N–H and O–H groups in total. The van der Waals surface area contributed by atoms with Gasteiger partial charge in [0.05, 0.1) is 18.2 Å². The number of nitrogen functional groups attached to an aromatic ring is 1. The van der Waals surface area contributed by atoms with Crippen LogP contribution in [0.15, 0.2) is 63.0 Å². The van der Waals surface area contributed by atoms with Gasteiger partial charge in [0.25, 0.3) is 0 Å². The minimum atomic E-state index is -0.435. The van der Waals surface area contributed by atoms with Crippen molar-refractivity contribution in [3.63, 3.8) is 0 Å². The van der Waals surface area contributed by atoms with Crippen molar-refractivity contribution in [1.82, 2.24) is 4.98 Å². The van der Waals surface area contributed by atoms with Crippen LogP contribution >= 0.6 is 0 Å². The van der Waals surface area contributed by atoms with Gasteiger partial charge >= 0.3 is 5.63 Å². The van der Waals surface area contributed by atoms with Crippen LogP contribution in [0.1, 0.15) is 99.6 Å². The molecule has 7 heteroatoms. The Balaban J connectivity index is 1.50. The van der Waals surface area contributed by atoms with Gasteiger partial charge in [-0.05, 0) is 90.0 Å². The van der Waals surface area contributed by atoms with Crippen molar-refractivity contribution >= 4 is 22.4 Å². The fourth-order valence-electron chi connectivity index (χ4n) is 7.42. The number of fused-ring (bicyclic) bond motifs is 3. The van der Waals surface area contributed by atoms with Gasteiger partial charge in [-0.25, -0.2) is 9.78 Å². The summed E-state index contributed by atoms with van der Waals surface area (Å²) in [5.41, 5.74) is 14.3. The van der Waals surface area contributed by atoms with Gasteiger partial charge in [-0.1, -0.05) is 45.9 Å². The van der Waals surface area contributed by atoms with E-state index in [9.17, 15) is 9.59 Å². The molecule has 45 heavy (non-hydrogen) atoms. The molecule has 1 aliphatic heterocycles. The lowest BCUT2D eigenvalue weighted by Gasteiger charge is -2.39. The van der Waals surface area contributed by atoms with Crippen LogP contribution in [0.4, 0.5) is 5.69 Å². The largest absolute Gasteiger partial charge is 0.497 e. The van der Waals surface area contributed by atoms with Crippen LogP contribution < -0.4 is 20.8 Å². The van der Waals surface area contributed by atoms with E-state index in [0.717, 1.165) is 71.0 Å². The number of hydrogen-bond donors (Lipinski definition) is 1. The average molecular weight is 605 g/mol. The highest BCUT2D eigenvalue weighted by molar-refractivity contribution is 6.01. The number of rotatable bonds is 5. The van der Waals surface area contributed by atoms with Gasteiger partial charge in [0.1, 0.15) is 17.1 Å². The van der Waals surface area contributed by atoms with Crippen molar-refractivity contribution in [2.45, 2.75) is 84.5 Å². The Morgan fingerprint density at radius 2 is 1.82 bits per heavy atom. The molecule has 0 saturated carbocycles. The van der Waals surface area contributed by atoms with Crippen LogP contribution in [0.3, 0.4) is 0 Å². The van der Waals surface area contributed by atoms with E-state index in [0.29, 0.717) is 52.6 Å². The summed E-state index contributed by atoms with van der Waals surface area (Å²) in [5, 5.41) is 0.802. The Labute approximate surface area is 263 Å². The summed E-state index contributed by atoms with van der Waals surface area (Å²) in [4.78, 5) is 32.5. The van der Waals surface area contributed by atoms with E-state index in [2.05, 4.69) is 39.8 Å². The fraction of sp³-hybridized carbons (Fsp3) is 0.395. The van der Waals surface area contributed by atoms with Crippen molar-refractivity contribution in [3.05, 3.63) is 92.2 Å². The Hall–Kier alpha value is -4.39. The van der Waals surface area contributed by atoms with Crippen LogP contribution in [-0.4, -0.2) is 17.9 Å². The monoisotopic (exact) mass is 604 g/mol. The number of nitrogens with two attached hydrogens (primary N) is 1. The highest BCUT2D eigenvalue weighted by atomic mass is 16.5. The zero-order valence-electron chi connectivity index (χ0n) is 26.7. The molecule has 4 aromatic rings. The average Bonchev–Trinajstić information content (AvgIpc) is 3.02. The molecule has 0 spiro atoms. The van der Waals surface area contributed by atoms with Crippen molar-refractivity contribution in [3.8, 4) is 22.8 Å². The molecule has 0 bridgehead atoms.